The van der Waals surface area contributed by atoms with E-state index in [9.17, 15) is 22.7 Å². The molecule has 5 heteroatoms. The zero-order valence-electron chi connectivity index (χ0n) is 11.2. The zero-order valence-corrected chi connectivity index (χ0v) is 11.2. The number of benzene rings is 1. The van der Waals surface area contributed by atoms with E-state index in [-0.39, 0.29) is 11.0 Å². The molecule has 0 aliphatic carbocycles. The van der Waals surface area contributed by atoms with Crippen LogP contribution in [0.25, 0.3) is 0 Å². The summed E-state index contributed by atoms with van der Waals surface area (Å²) >= 11 is 0. The second-order valence-corrected chi connectivity index (χ2v) is 5.89. The third-order valence-electron chi connectivity index (χ3n) is 2.80. The molecule has 108 valence electrons. The molecule has 1 aromatic rings. The number of aliphatic hydroxyl groups is 1. The van der Waals surface area contributed by atoms with Gasteiger partial charge in [0.25, 0.3) is 0 Å². The van der Waals surface area contributed by atoms with Crippen molar-refractivity contribution in [2.45, 2.75) is 45.9 Å². The van der Waals surface area contributed by atoms with E-state index in [2.05, 4.69) is 0 Å². The predicted molar refractivity (Wildman–Crippen MR) is 65.1 cm³/mol. The van der Waals surface area contributed by atoms with Gasteiger partial charge in [0.2, 0.25) is 0 Å². The molecular weight excluding hydrogens is 260 g/mol. The molecule has 1 atom stereocenters. The van der Waals surface area contributed by atoms with Crippen LogP contribution in [0.4, 0.5) is 17.6 Å². The highest BCUT2D eigenvalue weighted by molar-refractivity contribution is 5.28. The zero-order chi connectivity index (χ0) is 14.8. The van der Waals surface area contributed by atoms with Crippen molar-refractivity contribution in [3.8, 4) is 0 Å². The van der Waals surface area contributed by atoms with Gasteiger partial charge in [-0.05, 0) is 42.0 Å². The first-order valence-electron chi connectivity index (χ1n) is 6.05. The first-order chi connectivity index (χ1) is 8.49. The average molecular weight is 278 g/mol. The highest BCUT2D eigenvalue weighted by atomic mass is 19.4. The first kappa shape index (κ1) is 16.0. The van der Waals surface area contributed by atoms with Gasteiger partial charge in [0, 0.05) is 0 Å². The number of aliphatic hydroxyl groups excluding tert-OH is 1. The van der Waals surface area contributed by atoms with Gasteiger partial charge in [-0.15, -0.1) is 0 Å². The van der Waals surface area contributed by atoms with E-state index in [4.69, 9.17) is 0 Å². The van der Waals surface area contributed by atoms with Crippen molar-refractivity contribution < 1.29 is 22.7 Å². The summed E-state index contributed by atoms with van der Waals surface area (Å²) < 4.78 is 50.8. The van der Waals surface area contributed by atoms with Crippen molar-refractivity contribution in [1.29, 1.82) is 0 Å². The number of hydrogen-bond acceptors (Lipinski definition) is 1. The summed E-state index contributed by atoms with van der Waals surface area (Å²) in [5.41, 5.74) is -1.14. The minimum atomic E-state index is -4.61. The molecule has 1 aromatic carbocycles. The molecule has 0 saturated carbocycles. The number of hydrogen-bond donors (Lipinski definition) is 1. The third kappa shape index (κ3) is 5.19. The van der Waals surface area contributed by atoms with Gasteiger partial charge < -0.3 is 5.11 Å². The summed E-state index contributed by atoms with van der Waals surface area (Å²) in [4.78, 5) is 0. The normalized spacial score (nSPS) is 14.5. The Morgan fingerprint density at radius 2 is 1.68 bits per heavy atom. The smallest absolute Gasteiger partial charge is 0.388 e. The molecule has 1 nitrogen and oxygen atoms in total. The van der Waals surface area contributed by atoms with Crippen molar-refractivity contribution in [1.82, 2.24) is 0 Å². The molecule has 0 aliphatic heterocycles. The molecule has 0 bridgehead atoms. The van der Waals surface area contributed by atoms with E-state index < -0.39 is 23.7 Å². The summed E-state index contributed by atoms with van der Waals surface area (Å²) in [6, 6.07) is 2.18. The minimum Gasteiger partial charge on any atom is -0.388 e. The Morgan fingerprint density at radius 1 is 1.11 bits per heavy atom. The topological polar surface area (TPSA) is 20.2 Å². The van der Waals surface area contributed by atoms with Crippen LogP contribution < -0.4 is 0 Å². The van der Waals surface area contributed by atoms with Crippen LogP contribution in [0.1, 0.15) is 50.8 Å². The molecule has 0 radical (unpaired) electrons. The standard InChI is InChI=1S/C14H18F4O/c1-13(2,3)5-4-12(19)9-6-10(14(16,17)18)8-11(15)7-9/h6-8,12,19H,4-5H2,1-3H3. The van der Waals surface area contributed by atoms with Gasteiger partial charge in [0.15, 0.2) is 0 Å². The minimum absolute atomic E-state index is 0.0309. The van der Waals surface area contributed by atoms with Gasteiger partial charge in [-0.25, -0.2) is 4.39 Å². The molecule has 0 spiro atoms. The first-order valence-corrected chi connectivity index (χ1v) is 6.05. The van der Waals surface area contributed by atoms with Crippen LogP contribution >= 0.6 is 0 Å². The Balaban J connectivity index is 2.91. The molecule has 1 rings (SSSR count). The lowest BCUT2D eigenvalue weighted by Crippen LogP contribution is -2.10. The summed E-state index contributed by atoms with van der Waals surface area (Å²) in [6.07, 6.45) is -4.77. The highest BCUT2D eigenvalue weighted by Gasteiger charge is 2.32. The number of rotatable bonds is 3. The predicted octanol–water partition coefficient (Wildman–Crippen LogP) is 4.70. The van der Waals surface area contributed by atoms with E-state index in [1.54, 1.807) is 0 Å². The van der Waals surface area contributed by atoms with Gasteiger partial charge in [0.1, 0.15) is 5.82 Å². The molecule has 0 aromatic heterocycles. The van der Waals surface area contributed by atoms with Crippen molar-refractivity contribution in [3.63, 3.8) is 0 Å². The van der Waals surface area contributed by atoms with Crippen LogP contribution in [0.15, 0.2) is 18.2 Å². The fraction of sp³-hybridized carbons (Fsp3) is 0.571. The van der Waals surface area contributed by atoms with Crippen molar-refractivity contribution in [2.75, 3.05) is 0 Å². The van der Waals surface area contributed by atoms with Crippen LogP contribution in [0, 0.1) is 11.2 Å². The summed E-state index contributed by atoms with van der Waals surface area (Å²) in [5.74, 6) is -0.986. The van der Waals surface area contributed by atoms with Gasteiger partial charge in [-0.3, -0.25) is 0 Å². The highest BCUT2D eigenvalue weighted by Crippen LogP contribution is 2.33. The third-order valence-corrected chi connectivity index (χ3v) is 2.80. The molecule has 0 amide bonds. The van der Waals surface area contributed by atoms with Crippen LogP contribution in [0.2, 0.25) is 0 Å². The van der Waals surface area contributed by atoms with E-state index in [1.165, 1.54) is 0 Å². The van der Waals surface area contributed by atoms with Crippen LogP contribution in [-0.2, 0) is 6.18 Å². The lowest BCUT2D eigenvalue weighted by atomic mass is 9.88. The molecule has 0 aliphatic rings. The monoisotopic (exact) mass is 278 g/mol. The fourth-order valence-electron chi connectivity index (χ4n) is 1.70. The Hall–Kier alpha value is -1.10. The lowest BCUT2D eigenvalue weighted by molar-refractivity contribution is -0.137. The second kappa shape index (κ2) is 5.49. The molecule has 0 saturated heterocycles. The van der Waals surface area contributed by atoms with Crippen molar-refractivity contribution >= 4 is 0 Å². The Labute approximate surface area is 110 Å². The maximum atomic E-state index is 13.2. The molecule has 0 heterocycles. The van der Waals surface area contributed by atoms with E-state index in [0.29, 0.717) is 18.9 Å². The van der Waals surface area contributed by atoms with Crippen LogP contribution in [0.5, 0.6) is 0 Å². The maximum absolute atomic E-state index is 13.2. The lowest BCUT2D eigenvalue weighted by Gasteiger charge is -2.21. The maximum Gasteiger partial charge on any atom is 0.416 e. The Morgan fingerprint density at radius 3 is 2.16 bits per heavy atom. The number of halogens is 4. The van der Waals surface area contributed by atoms with Gasteiger partial charge in [0.05, 0.1) is 11.7 Å². The van der Waals surface area contributed by atoms with E-state index in [0.717, 1.165) is 12.1 Å². The Bertz CT molecular complexity index is 432. The van der Waals surface area contributed by atoms with Crippen LogP contribution in [0.3, 0.4) is 0 Å². The molecule has 19 heavy (non-hydrogen) atoms. The molecule has 0 fully saturated rings. The Kier molecular flexibility index (Phi) is 4.61. The molecular formula is C14H18F4O. The summed E-state index contributed by atoms with van der Waals surface area (Å²) in [7, 11) is 0. The van der Waals surface area contributed by atoms with Gasteiger partial charge in [-0.1, -0.05) is 20.8 Å². The van der Waals surface area contributed by atoms with E-state index >= 15 is 0 Å². The molecule has 1 N–H and O–H groups in total. The fourth-order valence-corrected chi connectivity index (χ4v) is 1.70. The second-order valence-electron chi connectivity index (χ2n) is 5.89. The van der Waals surface area contributed by atoms with Gasteiger partial charge >= 0.3 is 6.18 Å². The van der Waals surface area contributed by atoms with E-state index in [1.807, 2.05) is 20.8 Å². The van der Waals surface area contributed by atoms with Gasteiger partial charge in [-0.2, -0.15) is 13.2 Å². The summed E-state index contributed by atoms with van der Waals surface area (Å²) in [6.45, 7) is 5.89. The van der Waals surface area contributed by atoms with Crippen molar-refractivity contribution in [3.05, 3.63) is 35.1 Å². The average Bonchev–Trinajstić information content (AvgIpc) is 2.22. The van der Waals surface area contributed by atoms with Crippen molar-refractivity contribution in [2.24, 2.45) is 5.41 Å². The SMILES string of the molecule is CC(C)(C)CCC(O)c1cc(F)cc(C(F)(F)F)c1. The number of alkyl halides is 3. The molecule has 1 unspecified atom stereocenters. The quantitative estimate of drug-likeness (QED) is 0.794. The van der Waals surface area contributed by atoms with Crippen LogP contribution in [-0.4, -0.2) is 5.11 Å². The summed E-state index contributed by atoms with van der Waals surface area (Å²) in [5, 5.41) is 9.86. The largest absolute Gasteiger partial charge is 0.416 e.